The molecule has 3 N–H and O–H groups in total. The number of hydrogen-bond acceptors (Lipinski definition) is 4. The number of hydrogen-bond donors (Lipinski definition) is 2. The van der Waals surface area contributed by atoms with Crippen molar-refractivity contribution in [2.24, 2.45) is 11.7 Å². The third-order valence-electron chi connectivity index (χ3n) is 3.44. The smallest absolute Gasteiger partial charge is 0.217 e. The summed E-state index contributed by atoms with van der Waals surface area (Å²) < 4.78 is 0. The van der Waals surface area contributed by atoms with E-state index in [1.807, 2.05) is 7.05 Å². The molecule has 5 heteroatoms. The van der Waals surface area contributed by atoms with Gasteiger partial charge in [-0.05, 0) is 45.3 Å². The number of piperidine rings is 1. The molecule has 96 valence electrons. The van der Waals surface area contributed by atoms with Crippen LogP contribution in [0.15, 0.2) is 0 Å². The fraction of sp³-hybridized carbons (Fsp3) is 0.833. The molecule has 1 saturated heterocycles. The van der Waals surface area contributed by atoms with Gasteiger partial charge in [-0.15, -0.1) is 0 Å². The molecule has 0 aromatic carbocycles. The number of carbonyl (C=O) groups excluding carboxylic acids is 1. The molecular weight excluding hydrogens is 216 g/mol. The molecule has 0 saturated carbocycles. The molecule has 1 rings (SSSR count). The standard InChI is InChI=1S/C12H22N4O/c1-15-11(9-13)4-7-16-5-2-10(3-6-16)8-12(14)17/h10-11,15H,2-8H2,1H3,(H2,14,17). The van der Waals surface area contributed by atoms with Gasteiger partial charge in [0.15, 0.2) is 0 Å². The zero-order valence-corrected chi connectivity index (χ0v) is 10.5. The summed E-state index contributed by atoms with van der Waals surface area (Å²) in [6, 6.07) is 2.17. The van der Waals surface area contributed by atoms with E-state index in [0.717, 1.165) is 38.9 Å². The topological polar surface area (TPSA) is 82.2 Å². The van der Waals surface area contributed by atoms with Crippen molar-refractivity contribution in [1.82, 2.24) is 10.2 Å². The zero-order valence-electron chi connectivity index (χ0n) is 10.5. The average molecular weight is 238 g/mol. The van der Waals surface area contributed by atoms with Gasteiger partial charge in [0.25, 0.3) is 0 Å². The van der Waals surface area contributed by atoms with Crippen molar-refractivity contribution in [1.29, 1.82) is 5.26 Å². The molecule has 0 aliphatic carbocycles. The summed E-state index contributed by atoms with van der Waals surface area (Å²) >= 11 is 0. The van der Waals surface area contributed by atoms with Crippen LogP contribution in [-0.2, 0) is 4.79 Å². The first-order valence-corrected chi connectivity index (χ1v) is 6.23. The Labute approximate surface area is 103 Å². The first-order chi connectivity index (χ1) is 8.15. The number of amides is 1. The molecule has 1 fully saturated rings. The zero-order chi connectivity index (χ0) is 12.7. The van der Waals surface area contributed by atoms with Crippen LogP contribution in [0.5, 0.6) is 0 Å². The van der Waals surface area contributed by atoms with Crippen molar-refractivity contribution in [2.75, 3.05) is 26.7 Å². The molecule has 1 aliphatic heterocycles. The maximum absolute atomic E-state index is 10.8. The monoisotopic (exact) mass is 238 g/mol. The molecular formula is C12H22N4O. The molecule has 1 atom stereocenters. The highest BCUT2D eigenvalue weighted by Crippen LogP contribution is 2.20. The van der Waals surface area contributed by atoms with E-state index in [4.69, 9.17) is 11.0 Å². The van der Waals surface area contributed by atoms with E-state index in [0.29, 0.717) is 12.3 Å². The summed E-state index contributed by atoms with van der Waals surface area (Å²) in [6.45, 7) is 2.97. The van der Waals surface area contributed by atoms with Crippen LogP contribution in [0.3, 0.4) is 0 Å². The van der Waals surface area contributed by atoms with Crippen LogP contribution in [0, 0.1) is 17.2 Å². The number of primary amides is 1. The number of nitriles is 1. The third-order valence-corrected chi connectivity index (χ3v) is 3.44. The van der Waals surface area contributed by atoms with Gasteiger partial charge in [0, 0.05) is 13.0 Å². The van der Waals surface area contributed by atoms with Crippen LogP contribution in [0.2, 0.25) is 0 Å². The number of nitrogens with one attached hydrogen (secondary N) is 1. The van der Waals surface area contributed by atoms with Crippen LogP contribution < -0.4 is 11.1 Å². The van der Waals surface area contributed by atoms with Gasteiger partial charge in [-0.25, -0.2) is 0 Å². The predicted octanol–water partition coefficient (Wildman–Crippen LogP) is 0.0755. The van der Waals surface area contributed by atoms with Gasteiger partial charge in [0.05, 0.1) is 12.1 Å². The van der Waals surface area contributed by atoms with E-state index in [1.165, 1.54) is 0 Å². The lowest BCUT2D eigenvalue weighted by molar-refractivity contribution is -0.119. The van der Waals surface area contributed by atoms with Gasteiger partial charge in [-0.2, -0.15) is 5.26 Å². The molecule has 17 heavy (non-hydrogen) atoms. The number of nitrogens with zero attached hydrogens (tertiary/aromatic N) is 2. The molecule has 1 amide bonds. The van der Waals surface area contributed by atoms with Crippen LogP contribution >= 0.6 is 0 Å². The second-order valence-corrected chi connectivity index (χ2v) is 4.71. The second-order valence-electron chi connectivity index (χ2n) is 4.71. The van der Waals surface area contributed by atoms with Crippen molar-refractivity contribution in [3.8, 4) is 6.07 Å². The largest absolute Gasteiger partial charge is 0.370 e. The summed E-state index contributed by atoms with van der Waals surface area (Å²) in [6.07, 6.45) is 3.46. The molecule has 0 aromatic heterocycles. The lowest BCUT2D eigenvalue weighted by Crippen LogP contribution is -2.38. The lowest BCUT2D eigenvalue weighted by Gasteiger charge is -2.31. The minimum atomic E-state index is -0.192. The van der Waals surface area contributed by atoms with Crippen molar-refractivity contribution in [3.05, 3.63) is 0 Å². The molecule has 1 aliphatic rings. The molecule has 1 unspecified atom stereocenters. The Kier molecular flexibility index (Phi) is 5.95. The Balaban J connectivity index is 2.19. The molecule has 0 radical (unpaired) electrons. The fourth-order valence-electron chi connectivity index (χ4n) is 2.28. The van der Waals surface area contributed by atoms with E-state index in [1.54, 1.807) is 0 Å². The minimum absolute atomic E-state index is 0.0571. The van der Waals surface area contributed by atoms with Crippen LogP contribution in [0.1, 0.15) is 25.7 Å². The van der Waals surface area contributed by atoms with Gasteiger partial charge in [0.2, 0.25) is 5.91 Å². The molecule has 1 heterocycles. The summed E-state index contributed by atoms with van der Waals surface area (Å²) in [5.41, 5.74) is 5.20. The third kappa shape index (κ3) is 5.16. The number of rotatable bonds is 6. The van der Waals surface area contributed by atoms with Gasteiger partial charge in [-0.1, -0.05) is 0 Å². The SMILES string of the molecule is CNC(C#N)CCN1CCC(CC(N)=O)CC1. The normalized spacial score (nSPS) is 19.8. The highest BCUT2D eigenvalue weighted by Gasteiger charge is 2.20. The Morgan fingerprint density at radius 2 is 2.24 bits per heavy atom. The number of carbonyl (C=O) groups is 1. The van der Waals surface area contributed by atoms with Gasteiger partial charge in [0.1, 0.15) is 0 Å². The van der Waals surface area contributed by atoms with E-state index in [-0.39, 0.29) is 11.9 Å². The maximum atomic E-state index is 10.8. The van der Waals surface area contributed by atoms with Crippen LogP contribution in [0.4, 0.5) is 0 Å². The first kappa shape index (κ1) is 13.9. The van der Waals surface area contributed by atoms with E-state index >= 15 is 0 Å². The number of likely N-dealkylation sites (tertiary alicyclic amines) is 1. The quantitative estimate of drug-likeness (QED) is 0.686. The Hall–Kier alpha value is -1.12. The van der Waals surface area contributed by atoms with Crippen LogP contribution in [0.25, 0.3) is 0 Å². The maximum Gasteiger partial charge on any atom is 0.217 e. The van der Waals surface area contributed by atoms with Gasteiger partial charge < -0.3 is 16.0 Å². The van der Waals surface area contributed by atoms with Crippen molar-refractivity contribution >= 4 is 5.91 Å². The minimum Gasteiger partial charge on any atom is -0.370 e. The Bertz CT molecular complexity index is 279. The second kappa shape index (κ2) is 7.25. The highest BCUT2D eigenvalue weighted by molar-refractivity contribution is 5.73. The molecule has 0 spiro atoms. The van der Waals surface area contributed by atoms with Gasteiger partial charge >= 0.3 is 0 Å². The van der Waals surface area contributed by atoms with Crippen molar-refractivity contribution in [3.63, 3.8) is 0 Å². The number of nitrogens with two attached hydrogens (primary N) is 1. The fourth-order valence-corrected chi connectivity index (χ4v) is 2.28. The Morgan fingerprint density at radius 1 is 1.59 bits per heavy atom. The van der Waals surface area contributed by atoms with E-state index in [9.17, 15) is 4.79 Å². The summed E-state index contributed by atoms with van der Waals surface area (Å²) in [5, 5.41) is 11.8. The van der Waals surface area contributed by atoms with Crippen molar-refractivity contribution in [2.45, 2.75) is 31.7 Å². The molecule has 0 bridgehead atoms. The van der Waals surface area contributed by atoms with E-state index < -0.39 is 0 Å². The predicted molar refractivity (Wildman–Crippen MR) is 66.1 cm³/mol. The van der Waals surface area contributed by atoms with Crippen LogP contribution in [-0.4, -0.2) is 43.5 Å². The summed E-state index contributed by atoms with van der Waals surface area (Å²) in [5.74, 6) is 0.267. The van der Waals surface area contributed by atoms with Gasteiger partial charge in [-0.3, -0.25) is 4.79 Å². The Morgan fingerprint density at radius 3 is 2.71 bits per heavy atom. The molecule has 5 nitrogen and oxygen atoms in total. The summed E-state index contributed by atoms with van der Waals surface area (Å²) in [7, 11) is 1.81. The lowest BCUT2D eigenvalue weighted by atomic mass is 9.93. The van der Waals surface area contributed by atoms with E-state index in [2.05, 4.69) is 16.3 Å². The first-order valence-electron chi connectivity index (χ1n) is 6.23. The highest BCUT2D eigenvalue weighted by atomic mass is 16.1. The average Bonchev–Trinajstić information content (AvgIpc) is 2.32. The molecule has 0 aromatic rings. The van der Waals surface area contributed by atoms with Crippen molar-refractivity contribution < 1.29 is 4.79 Å². The summed E-state index contributed by atoms with van der Waals surface area (Å²) in [4.78, 5) is 13.2.